The number of benzene rings is 2. The van der Waals surface area contributed by atoms with Gasteiger partial charge in [0.2, 0.25) is 0 Å². The van der Waals surface area contributed by atoms with Crippen LogP contribution in [-0.4, -0.2) is 41.8 Å². The van der Waals surface area contributed by atoms with Crippen molar-refractivity contribution in [3.63, 3.8) is 0 Å². The van der Waals surface area contributed by atoms with E-state index in [1.807, 2.05) is 38.1 Å². The summed E-state index contributed by atoms with van der Waals surface area (Å²) in [6.07, 6.45) is 0. The van der Waals surface area contributed by atoms with E-state index in [4.69, 9.17) is 9.47 Å². The largest absolute Gasteiger partial charge is 0.495 e. The maximum Gasteiger partial charge on any atom is 0.265 e. The molecule has 0 unspecified atom stereocenters. The van der Waals surface area contributed by atoms with Gasteiger partial charge in [-0.1, -0.05) is 12.1 Å². The van der Waals surface area contributed by atoms with Crippen molar-refractivity contribution in [2.45, 2.75) is 18.7 Å². The second-order valence-electron chi connectivity index (χ2n) is 6.36. The molecule has 26 heavy (non-hydrogen) atoms. The molecule has 1 heterocycles. The highest BCUT2D eigenvalue weighted by Gasteiger charge is 2.21. The molecule has 0 radical (unpaired) electrons. The summed E-state index contributed by atoms with van der Waals surface area (Å²) in [7, 11) is -2.30. The Hall–Kier alpha value is -2.25. The van der Waals surface area contributed by atoms with Crippen molar-refractivity contribution in [2.24, 2.45) is 0 Å². The normalized spacial score (nSPS) is 15.0. The van der Waals surface area contributed by atoms with E-state index in [-0.39, 0.29) is 4.90 Å². The molecule has 1 fully saturated rings. The SMILES string of the molecule is COc1ccc(C)cc1S(=O)(=O)Nc1cc(N2CCOCC2)ccc1C. The van der Waals surface area contributed by atoms with Crippen LogP contribution in [0, 0.1) is 13.8 Å². The fraction of sp³-hybridized carbons (Fsp3) is 0.368. The predicted octanol–water partition coefficient (Wildman–Crippen LogP) is 2.95. The Morgan fingerprint density at radius 1 is 1.08 bits per heavy atom. The van der Waals surface area contributed by atoms with E-state index in [0.29, 0.717) is 24.7 Å². The Kier molecular flexibility index (Phi) is 5.38. The van der Waals surface area contributed by atoms with Crippen LogP contribution >= 0.6 is 0 Å². The summed E-state index contributed by atoms with van der Waals surface area (Å²) >= 11 is 0. The van der Waals surface area contributed by atoms with Crippen LogP contribution in [0.2, 0.25) is 0 Å². The van der Waals surface area contributed by atoms with Gasteiger partial charge in [-0.3, -0.25) is 4.72 Å². The smallest absolute Gasteiger partial charge is 0.265 e. The Balaban J connectivity index is 1.93. The third-order valence-electron chi connectivity index (χ3n) is 4.45. The topological polar surface area (TPSA) is 67.9 Å². The van der Waals surface area contributed by atoms with Crippen LogP contribution in [0.5, 0.6) is 5.75 Å². The quantitative estimate of drug-likeness (QED) is 0.869. The molecule has 3 rings (SSSR count). The van der Waals surface area contributed by atoms with Crippen molar-refractivity contribution in [1.29, 1.82) is 0 Å². The summed E-state index contributed by atoms with van der Waals surface area (Å²) in [6.45, 7) is 6.67. The van der Waals surface area contributed by atoms with Gasteiger partial charge in [0, 0.05) is 18.8 Å². The summed E-state index contributed by atoms with van der Waals surface area (Å²) in [5.74, 6) is 0.324. The Labute approximate surface area is 154 Å². The number of morpholine rings is 1. The van der Waals surface area contributed by atoms with E-state index in [1.54, 1.807) is 12.1 Å². The zero-order chi connectivity index (χ0) is 18.7. The van der Waals surface area contributed by atoms with Gasteiger partial charge in [0.15, 0.2) is 0 Å². The van der Waals surface area contributed by atoms with E-state index in [1.165, 1.54) is 7.11 Å². The van der Waals surface area contributed by atoms with Crippen LogP contribution in [0.3, 0.4) is 0 Å². The average molecular weight is 376 g/mol. The molecular weight excluding hydrogens is 352 g/mol. The molecule has 2 aromatic carbocycles. The van der Waals surface area contributed by atoms with Crippen molar-refractivity contribution < 1.29 is 17.9 Å². The fourth-order valence-electron chi connectivity index (χ4n) is 2.93. The van der Waals surface area contributed by atoms with Gasteiger partial charge in [-0.15, -0.1) is 0 Å². The lowest BCUT2D eigenvalue weighted by molar-refractivity contribution is 0.122. The monoisotopic (exact) mass is 376 g/mol. The molecule has 2 aromatic rings. The lowest BCUT2D eigenvalue weighted by atomic mass is 10.1. The van der Waals surface area contributed by atoms with E-state index < -0.39 is 10.0 Å². The summed E-state index contributed by atoms with van der Waals surface area (Å²) < 4.78 is 39.2. The standard InChI is InChI=1S/C19H24N2O4S/c1-14-4-7-18(24-3)19(12-14)26(22,23)20-17-13-16(6-5-15(17)2)21-8-10-25-11-9-21/h4-7,12-13,20H,8-11H2,1-3H3. The average Bonchev–Trinajstić information content (AvgIpc) is 2.64. The minimum absolute atomic E-state index is 0.135. The van der Waals surface area contributed by atoms with Gasteiger partial charge in [-0.25, -0.2) is 8.42 Å². The molecule has 0 aromatic heterocycles. The summed E-state index contributed by atoms with van der Waals surface area (Å²) in [5.41, 5.74) is 3.26. The maximum absolute atomic E-state index is 12.9. The van der Waals surface area contributed by atoms with E-state index in [2.05, 4.69) is 9.62 Å². The summed E-state index contributed by atoms with van der Waals surface area (Å²) in [4.78, 5) is 2.32. The van der Waals surface area contributed by atoms with Crippen LogP contribution in [-0.2, 0) is 14.8 Å². The molecule has 0 bridgehead atoms. The Morgan fingerprint density at radius 2 is 1.81 bits per heavy atom. The molecule has 1 aliphatic heterocycles. The first-order valence-electron chi connectivity index (χ1n) is 8.51. The van der Waals surface area contributed by atoms with E-state index in [0.717, 1.165) is 29.9 Å². The fourth-order valence-corrected chi connectivity index (χ4v) is 4.31. The van der Waals surface area contributed by atoms with Crippen molar-refractivity contribution in [3.05, 3.63) is 47.5 Å². The van der Waals surface area contributed by atoms with Gasteiger partial charge < -0.3 is 14.4 Å². The highest BCUT2D eigenvalue weighted by molar-refractivity contribution is 7.92. The van der Waals surface area contributed by atoms with Gasteiger partial charge in [0.25, 0.3) is 10.0 Å². The number of anilines is 2. The third kappa shape index (κ3) is 3.94. The highest BCUT2D eigenvalue weighted by Crippen LogP contribution is 2.30. The van der Waals surface area contributed by atoms with E-state index in [9.17, 15) is 8.42 Å². The molecular formula is C19H24N2O4S. The number of methoxy groups -OCH3 is 1. The van der Waals surface area contributed by atoms with Crippen LogP contribution < -0.4 is 14.4 Å². The molecule has 6 nitrogen and oxygen atoms in total. The molecule has 1 N–H and O–H groups in total. The maximum atomic E-state index is 12.9. The number of rotatable bonds is 5. The first-order valence-corrected chi connectivity index (χ1v) is 10.00. The second-order valence-corrected chi connectivity index (χ2v) is 8.01. The minimum atomic E-state index is -3.77. The van der Waals surface area contributed by atoms with Crippen molar-refractivity contribution >= 4 is 21.4 Å². The van der Waals surface area contributed by atoms with Crippen LogP contribution in [0.25, 0.3) is 0 Å². The number of aryl methyl sites for hydroxylation is 2. The second kappa shape index (κ2) is 7.55. The molecule has 140 valence electrons. The molecule has 0 amide bonds. The van der Waals surface area contributed by atoms with Gasteiger partial charge in [0.1, 0.15) is 10.6 Å². The zero-order valence-corrected chi connectivity index (χ0v) is 16.1. The van der Waals surface area contributed by atoms with Crippen molar-refractivity contribution in [1.82, 2.24) is 0 Å². The van der Waals surface area contributed by atoms with Crippen molar-refractivity contribution in [3.8, 4) is 5.75 Å². The Morgan fingerprint density at radius 3 is 2.50 bits per heavy atom. The summed E-state index contributed by atoms with van der Waals surface area (Å²) in [5, 5.41) is 0. The van der Waals surface area contributed by atoms with Crippen LogP contribution in [0.4, 0.5) is 11.4 Å². The van der Waals surface area contributed by atoms with Gasteiger partial charge in [-0.2, -0.15) is 0 Å². The van der Waals surface area contributed by atoms with Gasteiger partial charge in [-0.05, 0) is 49.2 Å². The number of hydrogen-bond acceptors (Lipinski definition) is 5. The number of nitrogens with zero attached hydrogens (tertiary/aromatic N) is 1. The molecule has 0 spiro atoms. The van der Waals surface area contributed by atoms with E-state index >= 15 is 0 Å². The third-order valence-corrected chi connectivity index (χ3v) is 5.84. The molecule has 0 saturated carbocycles. The van der Waals surface area contributed by atoms with Crippen LogP contribution in [0.15, 0.2) is 41.3 Å². The lowest BCUT2D eigenvalue weighted by Gasteiger charge is -2.29. The number of ether oxygens (including phenoxy) is 2. The lowest BCUT2D eigenvalue weighted by Crippen LogP contribution is -2.36. The number of hydrogen-bond donors (Lipinski definition) is 1. The minimum Gasteiger partial charge on any atom is -0.495 e. The first kappa shape index (κ1) is 18.5. The highest BCUT2D eigenvalue weighted by atomic mass is 32.2. The van der Waals surface area contributed by atoms with Crippen LogP contribution in [0.1, 0.15) is 11.1 Å². The number of nitrogens with one attached hydrogen (secondary N) is 1. The van der Waals surface area contributed by atoms with Gasteiger partial charge >= 0.3 is 0 Å². The molecule has 1 aliphatic rings. The summed E-state index contributed by atoms with van der Waals surface area (Å²) in [6, 6.07) is 10.9. The first-order chi connectivity index (χ1) is 12.4. The Bertz CT molecular complexity index is 890. The molecule has 7 heteroatoms. The predicted molar refractivity (Wildman–Crippen MR) is 103 cm³/mol. The number of sulfonamides is 1. The molecule has 0 atom stereocenters. The molecule has 1 saturated heterocycles. The molecule has 0 aliphatic carbocycles. The zero-order valence-electron chi connectivity index (χ0n) is 15.3. The van der Waals surface area contributed by atoms with Gasteiger partial charge in [0.05, 0.1) is 26.0 Å². The van der Waals surface area contributed by atoms with Crippen molar-refractivity contribution in [2.75, 3.05) is 43.0 Å².